The highest BCUT2D eigenvalue weighted by Crippen LogP contribution is 2.35. The monoisotopic (exact) mass is 477 g/mol. The van der Waals surface area contributed by atoms with Gasteiger partial charge in [0.25, 0.3) is 0 Å². The van der Waals surface area contributed by atoms with E-state index >= 15 is 0 Å². The molecular formula is C26H31N5O4. The summed E-state index contributed by atoms with van der Waals surface area (Å²) in [7, 11) is 0. The van der Waals surface area contributed by atoms with Gasteiger partial charge in [0.15, 0.2) is 0 Å². The van der Waals surface area contributed by atoms with Crippen LogP contribution in [0.25, 0.3) is 22.5 Å². The van der Waals surface area contributed by atoms with Crippen LogP contribution in [0.2, 0.25) is 0 Å². The van der Waals surface area contributed by atoms with E-state index in [1.165, 1.54) is 0 Å². The Bertz CT molecular complexity index is 1120. The van der Waals surface area contributed by atoms with Crippen LogP contribution in [0.4, 0.5) is 4.79 Å². The van der Waals surface area contributed by atoms with E-state index in [9.17, 15) is 14.7 Å². The zero-order valence-corrected chi connectivity index (χ0v) is 19.9. The van der Waals surface area contributed by atoms with Crippen LogP contribution in [0, 0.1) is 0 Å². The molecule has 0 aliphatic heterocycles. The Labute approximate surface area is 204 Å². The lowest BCUT2D eigenvalue weighted by atomic mass is 9.97. The molecule has 0 radical (unpaired) electrons. The van der Waals surface area contributed by atoms with Gasteiger partial charge >= 0.3 is 6.16 Å². The highest BCUT2D eigenvalue weighted by atomic mass is 16.7. The van der Waals surface area contributed by atoms with Crippen LogP contribution in [0.15, 0.2) is 48.5 Å². The summed E-state index contributed by atoms with van der Waals surface area (Å²) in [5.41, 5.74) is 3.01. The SMILES string of the molecule is CCCCC(=O)N(Cc1ccc(-c2ccccc2-c2nn[nH]n2)cc1)CC1(OC(=O)O)CCCC1. The number of carbonyl (C=O) groups excluding carboxylic acids is 1. The van der Waals surface area contributed by atoms with Crippen LogP contribution in [0.3, 0.4) is 0 Å². The van der Waals surface area contributed by atoms with Crippen molar-refractivity contribution in [3.8, 4) is 22.5 Å². The molecule has 1 aromatic heterocycles. The zero-order valence-electron chi connectivity index (χ0n) is 19.9. The smallest absolute Gasteiger partial charge is 0.450 e. The predicted molar refractivity (Wildman–Crippen MR) is 130 cm³/mol. The van der Waals surface area contributed by atoms with Crippen LogP contribution in [-0.2, 0) is 16.1 Å². The molecule has 0 unspecified atom stereocenters. The summed E-state index contributed by atoms with van der Waals surface area (Å²) in [6.45, 7) is 2.74. The number of aromatic nitrogens is 4. The Morgan fingerprint density at radius 3 is 2.43 bits per heavy atom. The molecule has 1 saturated carbocycles. The van der Waals surface area contributed by atoms with Gasteiger partial charge in [0.1, 0.15) is 5.60 Å². The van der Waals surface area contributed by atoms with Gasteiger partial charge in [-0.15, -0.1) is 10.2 Å². The maximum atomic E-state index is 13.1. The molecule has 1 heterocycles. The maximum absolute atomic E-state index is 13.1. The molecule has 0 saturated heterocycles. The Morgan fingerprint density at radius 2 is 1.80 bits per heavy atom. The fourth-order valence-electron chi connectivity index (χ4n) is 4.78. The molecule has 9 nitrogen and oxygen atoms in total. The lowest BCUT2D eigenvalue weighted by molar-refractivity contribution is -0.136. The third-order valence-corrected chi connectivity index (χ3v) is 6.55. The number of aromatic amines is 1. The third kappa shape index (κ3) is 6.03. The molecule has 2 N–H and O–H groups in total. The number of hydrogen-bond donors (Lipinski definition) is 2. The van der Waals surface area contributed by atoms with Crippen molar-refractivity contribution in [1.82, 2.24) is 25.5 Å². The number of hydrogen-bond acceptors (Lipinski definition) is 6. The first-order valence-electron chi connectivity index (χ1n) is 12.1. The summed E-state index contributed by atoms with van der Waals surface area (Å²) in [5, 5.41) is 23.7. The minimum absolute atomic E-state index is 0.0265. The number of tetrazole rings is 1. The second-order valence-corrected chi connectivity index (χ2v) is 9.09. The Hall–Kier alpha value is -3.75. The number of benzene rings is 2. The van der Waals surface area contributed by atoms with Crippen molar-refractivity contribution in [1.29, 1.82) is 0 Å². The van der Waals surface area contributed by atoms with Gasteiger partial charge in [-0.2, -0.15) is 5.21 Å². The Balaban J connectivity index is 1.55. The standard InChI is InChI=1S/C26H31N5O4/c1-2-3-10-23(32)31(18-26(35-25(33)34)15-6-7-16-26)17-19-11-13-20(14-12-19)21-8-4-5-9-22(21)24-27-29-30-28-24/h4-5,8-9,11-14H,2-3,6-7,10,15-18H2,1H3,(H,33,34)(H,27,28,29,30). The average Bonchev–Trinajstić information content (AvgIpc) is 3.55. The topological polar surface area (TPSA) is 121 Å². The molecule has 0 bridgehead atoms. The largest absolute Gasteiger partial charge is 0.506 e. The number of H-pyrrole nitrogens is 1. The normalized spacial score (nSPS) is 14.5. The predicted octanol–water partition coefficient (Wildman–Crippen LogP) is 5.06. The Morgan fingerprint density at radius 1 is 1.09 bits per heavy atom. The summed E-state index contributed by atoms with van der Waals surface area (Å²) in [6.07, 6.45) is 3.97. The molecular weight excluding hydrogens is 446 g/mol. The first-order valence-corrected chi connectivity index (χ1v) is 12.1. The summed E-state index contributed by atoms with van der Waals surface area (Å²) in [5.74, 6) is 0.552. The number of rotatable bonds is 10. The number of nitrogens with one attached hydrogen (secondary N) is 1. The van der Waals surface area contributed by atoms with E-state index in [-0.39, 0.29) is 12.5 Å². The van der Waals surface area contributed by atoms with E-state index in [2.05, 4.69) is 27.5 Å². The number of unbranched alkanes of at least 4 members (excludes halogenated alkanes) is 1. The summed E-state index contributed by atoms with van der Waals surface area (Å²) in [6, 6.07) is 15.9. The van der Waals surface area contributed by atoms with E-state index in [0.717, 1.165) is 47.9 Å². The van der Waals surface area contributed by atoms with Crippen molar-refractivity contribution in [2.24, 2.45) is 0 Å². The number of nitrogens with zero attached hydrogens (tertiary/aromatic N) is 4. The van der Waals surface area contributed by atoms with Crippen molar-refractivity contribution < 1.29 is 19.4 Å². The van der Waals surface area contributed by atoms with Crippen LogP contribution < -0.4 is 0 Å². The first kappa shape index (κ1) is 24.4. The van der Waals surface area contributed by atoms with E-state index in [0.29, 0.717) is 31.6 Å². The lowest BCUT2D eigenvalue weighted by Crippen LogP contribution is -2.46. The number of amides is 1. The summed E-state index contributed by atoms with van der Waals surface area (Å²) in [4.78, 5) is 26.2. The second kappa shape index (κ2) is 11.1. The minimum Gasteiger partial charge on any atom is -0.450 e. The molecule has 1 aliphatic carbocycles. The lowest BCUT2D eigenvalue weighted by Gasteiger charge is -2.34. The van der Waals surface area contributed by atoms with E-state index < -0.39 is 11.8 Å². The maximum Gasteiger partial charge on any atom is 0.506 e. The quantitative estimate of drug-likeness (QED) is 0.391. The molecule has 4 rings (SSSR count). The highest BCUT2D eigenvalue weighted by molar-refractivity contribution is 5.80. The van der Waals surface area contributed by atoms with Gasteiger partial charge in [0, 0.05) is 18.5 Å². The molecule has 35 heavy (non-hydrogen) atoms. The van der Waals surface area contributed by atoms with E-state index in [4.69, 9.17) is 4.74 Å². The van der Waals surface area contributed by atoms with Gasteiger partial charge in [-0.25, -0.2) is 4.79 Å². The van der Waals surface area contributed by atoms with Crippen molar-refractivity contribution in [2.45, 2.75) is 64.0 Å². The summed E-state index contributed by atoms with van der Waals surface area (Å²) < 4.78 is 5.35. The number of carboxylic acid groups (broad SMARTS) is 1. The molecule has 0 atom stereocenters. The van der Waals surface area contributed by atoms with Crippen molar-refractivity contribution in [3.63, 3.8) is 0 Å². The van der Waals surface area contributed by atoms with E-state index in [1.54, 1.807) is 4.90 Å². The molecule has 2 aromatic carbocycles. The van der Waals surface area contributed by atoms with Crippen LogP contribution in [0.5, 0.6) is 0 Å². The molecule has 1 aliphatic rings. The van der Waals surface area contributed by atoms with E-state index in [1.807, 2.05) is 48.5 Å². The Kier molecular flexibility index (Phi) is 7.74. The molecule has 1 amide bonds. The second-order valence-electron chi connectivity index (χ2n) is 9.09. The number of ether oxygens (including phenoxy) is 1. The number of carbonyl (C=O) groups is 2. The fraction of sp³-hybridized carbons (Fsp3) is 0.423. The van der Waals surface area contributed by atoms with Crippen molar-refractivity contribution in [2.75, 3.05) is 6.54 Å². The van der Waals surface area contributed by atoms with Gasteiger partial charge in [-0.05, 0) is 54.0 Å². The van der Waals surface area contributed by atoms with Gasteiger partial charge < -0.3 is 14.7 Å². The molecule has 3 aromatic rings. The van der Waals surface area contributed by atoms with Crippen LogP contribution in [-0.4, -0.2) is 54.8 Å². The molecule has 1 fully saturated rings. The van der Waals surface area contributed by atoms with Gasteiger partial charge in [-0.3, -0.25) is 4.79 Å². The van der Waals surface area contributed by atoms with Crippen molar-refractivity contribution in [3.05, 3.63) is 54.1 Å². The van der Waals surface area contributed by atoms with Gasteiger partial charge in [0.05, 0.1) is 6.54 Å². The molecule has 9 heteroatoms. The van der Waals surface area contributed by atoms with Crippen LogP contribution in [0.1, 0.15) is 57.4 Å². The fourth-order valence-corrected chi connectivity index (χ4v) is 4.78. The van der Waals surface area contributed by atoms with Gasteiger partial charge in [-0.1, -0.05) is 61.9 Å². The molecule has 0 spiro atoms. The van der Waals surface area contributed by atoms with Crippen molar-refractivity contribution >= 4 is 12.1 Å². The van der Waals surface area contributed by atoms with Gasteiger partial charge in [0.2, 0.25) is 11.7 Å². The van der Waals surface area contributed by atoms with Crippen LogP contribution >= 0.6 is 0 Å². The minimum atomic E-state index is -1.28. The average molecular weight is 478 g/mol. The summed E-state index contributed by atoms with van der Waals surface area (Å²) >= 11 is 0. The highest BCUT2D eigenvalue weighted by Gasteiger charge is 2.40. The molecule has 184 valence electrons. The first-order chi connectivity index (χ1) is 17.0. The third-order valence-electron chi connectivity index (χ3n) is 6.55. The zero-order chi connectivity index (χ0) is 24.7.